The van der Waals surface area contributed by atoms with Gasteiger partial charge in [0.1, 0.15) is 11.6 Å². The molecule has 0 amide bonds. The van der Waals surface area contributed by atoms with Gasteiger partial charge in [0.15, 0.2) is 0 Å². The van der Waals surface area contributed by atoms with Crippen LogP contribution in [0.5, 0.6) is 5.75 Å². The van der Waals surface area contributed by atoms with Gasteiger partial charge >= 0.3 is 0 Å². The summed E-state index contributed by atoms with van der Waals surface area (Å²) in [6.45, 7) is 2.94. The van der Waals surface area contributed by atoms with E-state index in [0.717, 1.165) is 6.54 Å². The average molecular weight is 280 g/mol. The van der Waals surface area contributed by atoms with Crippen LogP contribution in [0, 0.1) is 5.82 Å². The molecule has 1 aliphatic carbocycles. The average Bonchev–Trinajstić information content (AvgIpc) is 2.35. The van der Waals surface area contributed by atoms with Crippen LogP contribution in [-0.4, -0.2) is 48.1 Å². The lowest BCUT2D eigenvalue weighted by molar-refractivity contribution is 0.0176. The number of nitrogens with zero attached hydrogens (tertiary/aromatic N) is 2. The molecule has 4 heteroatoms. The van der Waals surface area contributed by atoms with E-state index < -0.39 is 0 Å². The van der Waals surface area contributed by atoms with E-state index in [1.807, 2.05) is 14.0 Å². The zero-order valence-corrected chi connectivity index (χ0v) is 12.9. The van der Waals surface area contributed by atoms with Crippen molar-refractivity contribution in [1.82, 2.24) is 9.80 Å². The maximum Gasteiger partial charge on any atom is 0.123 e. The van der Waals surface area contributed by atoms with Crippen LogP contribution in [0.25, 0.3) is 0 Å². The monoisotopic (exact) mass is 280 g/mol. The number of hydrogen-bond acceptors (Lipinski definition) is 3. The zero-order chi connectivity index (χ0) is 14.9. The Morgan fingerprint density at radius 2 is 1.95 bits per heavy atom. The lowest BCUT2D eigenvalue weighted by Crippen LogP contribution is -2.56. The van der Waals surface area contributed by atoms with Crippen molar-refractivity contribution in [2.24, 2.45) is 0 Å². The van der Waals surface area contributed by atoms with Crippen molar-refractivity contribution in [3.05, 3.63) is 29.6 Å². The number of hydrogen-bond donors (Lipinski definition) is 1. The number of aromatic hydroxyl groups is 1. The molecule has 0 aliphatic heterocycles. The Hall–Kier alpha value is -1.13. The fourth-order valence-electron chi connectivity index (χ4n) is 3.03. The van der Waals surface area contributed by atoms with Gasteiger partial charge in [-0.1, -0.05) is 0 Å². The third kappa shape index (κ3) is 2.81. The van der Waals surface area contributed by atoms with Gasteiger partial charge in [0.25, 0.3) is 0 Å². The van der Waals surface area contributed by atoms with E-state index in [4.69, 9.17) is 0 Å². The predicted octanol–water partition coefficient (Wildman–Crippen LogP) is 3.01. The first-order valence-electron chi connectivity index (χ1n) is 7.22. The lowest BCUT2D eigenvalue weighted by Gasteiger charge is -2.50. The Balaban J connectivity index is 2.12. The molecule has 1 aromatic rings. The summed E-state index contributed by atoms with van der Waals surface area (Å²) in [7, 11) is 6.28. The van der Waals surface area contributed by atoms with Crippen LogP contribution in [-0.2, 0) is 0 Å². The smallest absolute Gasteiger partial charge is 0.123 e. The van der Waals surface area contributed by atoms with Gasteiger partial charge in [-0.15, -0.1) is 0 Å². The van der Waals surface area contributed by atoms with E-state index in [1.54, 1.807) is 0 Å². The molecule has 2 rings (SSSR count). The number of benzene rings is 1. The van der Waals surface area contributed by atoms with Gasteiger partial charge < -0.3 is 10.0 Å². The molecule has 1 aromatic carbocycles. The fraction of sp³-hybridized carbons (Fsp3) is 0.625. The second-order valence-corrected chi connectivity index (χ2v) is 6.27. The van der Waals surface area contributed by atoms with Gasteiger partial charge in [-0.3, -0.25) is 4.90 Å². The molecule has 1 N–H and O–H groups in total. The van der Waals surface area contributed by atoms with Crippen molar-refractivity contribution in [3.63, 3.8) is 0 Å². The highest BCUT2D eigenvalue weighted by atomic mass is 19.1. The Morgan fingerprint density at radius 1 is 1.30 bits per heavy atom. The van der Waals surface area contributed by atoms with Crippen LogP contribution in [0.1, 0.15) is 37.8 Å². The highest BCUT2D eigenvalue weighted by Crippen LogP contribution is 2.38. The molecule has 0 aromatic heterocycles. The van der Waals surface area contributed by atoms with Crippen molar-refractivity contribution in [2.75, 3.05) is 27.7 Å². The topological polar surface area (TPSA) is 26.7 Å². The van der Waals surface area contributed by atoms with Gasteiger partial charge in [-0.2, -0.15) is 0 Å². The minimum Gasteiger partial charge on any atom is -0.508 e. The number of likely N-dealkylation sites (N-methyl/N-ethyl adjacent to an activating group) is 2. The summed E-state index contributed by atoms with van der Waals surface area (Å²) in [4.78, 5) is 4.50. The van der Waals surface area contributed by atoms with Crippen LogP contribution in [0.3, 0.4) is 0 Å². The second kappa shape index (κ2) is 5.70. The normalized spacial score (nSPS) is 19.1. The van der Waals surface area contributed by atoms with E-state index in [1.165, 1.54) is 37.5 Å². The molecule has 1 aliphatic rings. The summed E-state index contributed by atoms with van der Waals surface area (Å²) < 4.78 is 13.4. The summed E-state index contributed by atoms with van der Waals surface area (Å²) >= 11 is 0. The van der Waals surface area contributed by atoms with Crippen LogP contribution >= 0.6 is 0 Å². The molecule has 1 unspecified atom stereocenters. The summed E-state index contributed by atoms with van der Waals surface area (Å²) in [5.41, 5.74) is 0.882. The molecule has 0 radical (unpaired) electrons. The van der Waals surface area contributed by atoms with Crippen molar-refractivity contribution in [3.8, 4) is 5.75 Å². The summed E-state index contributed by atoms with van der Waals surface area (Å²) in [5.74, 6) is -0.137. The van der Waals surface area contributed by atoms with Crippen LogP contribution in [0.4, 0.5) is 4.39 Å². The summed E-state index contributed by atoms with van der Waals surface area (Å²) in [5, 5.41) is 9.93. The molecule has 0 heterocycles. The number of rotatable bonds is 5. The van der Waals surface area contributed by atoms with E-state index in [2.05, 4.69) is 23.9 Å². The second-order valence-electron chi connectivity index (χ2n) is 6.27. The van der Waals surface area contributed by atoms with E-state index >= 15 is 0 Å². The summed E-state index contributed by atoms with van der Waals surface area (Å²) in [6.07, 6.45) is 3.67. The maximum atomic E-state index is 13.4. The molecule has 112 valence electrons. The number of halogens is 1. The highest BCUT2D eigenvalue weighted by Gasteiger charge is 2.40. The minimum atomic E-state index is -0.302. The first-order valence-corrected chi connectivity index (χ1v) is 7.22. The quantitative estimate of drug-likeness (QED) is 0.898. The standard InChI is InChI=1S/C16H25FN2O/c1-12(14-10-13(17)6-7-15(14)20)19(4)11-16(18(2)3)8-5-9-16/h6-7,10,12,20H,5,8-9,11H2,1-4H3. The van der Waals surface area contributed by atoms with Gasteiger partial charge in [-0.05, 0) is 65.5 Å². The fourth-order valence-corrected chi connectivity index (χ4v) is 3.03. The molecule has 0 saturated heterocycles. The van der Waals surface area contributed by atoms with Crippen molar-refractivity contribution < 1.29 is 9.50 Å². The Bertz CT molecular complexity index is 472. The van der Waals surface area contributed by atoms with Gasteiger partial charge in [-0.25, -0.2) is 4.39 Å². The summed E-state index contributed by atoms with van der Waals surface area (Å²) in [6, 6.07) is 4.14. The van der Waals surface area contributed by atoms with Crippen LogP contribution in [0.15, 0.2) is 18.2 Å². The van der Waals surface area contributed by atoms with Crippen LogP contribution in [0.2, 0.25) is 0 Å². The minimum absolute atomic E-state index is 0.0110. The van der Waals surface area contributed by atoms with Gasteiger partial charge in [0.05, 0.1) is 0 Å². The van der Waals surface area contributed by atoms with Crippen LogP contribution < -0.4 is 0 Å². The Labute approximate surface area is 121 Å². The molecule has 1 saturated carbocycles. The first-order chi connectivity index (χ1) is 9.35. The first kappa shape index (κ1) is 15.3. The van der Waals surface area contributed by atoms with E-state index in [0.29, 0.717) is 5.56 Å². The van der Waals surface area contributed by atoms with Crippen molar-refractivity contribution in [1.29, 1.82) is 0 Å². The van der Waals surface area contributed by atoms with Gasteiger partial charge in [0.2, 0.25) is 0 Å². The van der Waals surface area contributed by atoms with Gasteiger partial charge in [0, 0.05) is 23.7 Å². The molecule has 3 nitrogen and oxygen atoms in total. The third-order valence-corrected chi connectivity index (χ3v) is 4.88. The largest absolute Gasteiger partial charge is 0.508 e. The highest BCUT2D eigenvalue weighted by molar-refractivity contribution is 5.35. The molecule has 0 spiro atoms. The molecule has 0 bridgehead atoms. The SMILES string of the molecule is CC(c1cc(F)ccc1O)N(C)CC1(N(C)C)CCC1. The van der Waals surface area contributed by atoms with Crippen molar-refractivity contribution in [2.45, 2.75) is 37.8 Å². The van der Waals surface area contributed by atoms with E-state index in [9.17, 15) is 9.50 Å². The third-order valence-electron chi connectivity index (χ3n) is 4.88. The molecule has 20 heavy (non-hydrogen) atoms. The maximum absolute atomic E-state index is 13.4. The Kier molecular flexibility index (Phi) is 4.35. The molecule has 1 atom stereocenters. The molecular formula is C16H25FN2O. The Morgan fingerprint density at radius 3 is 2.45 bits per heavy atom. The molecular weight excluding hydrogens is 255 g/mol. The van der Waals surface area contributed by atoms with Crippen molar-refractivity contribution >= 4 is 0 Å². The predicted molar refractivity (Wildman–Crippen MR) is 79.4 cm³/mol. The lowest BCUT2D eigenvalue weighted by atomic mass is 9.75. The van der Waals surface area contributed by atoms with E-state index in [-0.39, 0.29) is 23.1 Å². The molecule has 1 fully saturated rings. The number of phenolic OH excluding ortho intramolecular Hbond substituents is 1. The number of phenols is 1. The zero-order valence-electron chi connectivity index (χ0n) is 12.9.